The number of furan rings is 1. The maximum Gasteiger partial charge on any atom is 0.121 e. The summed E-state index contributed by atoms with van der Waals surface area (Å²) >= 11 is 0. The third kappa shape index (κ3) is 7.72. The van der Waals surface area contributed by atoms with Gasteiger partial charge in [0.1, 0.15) is 5.58 Å². The molecule has 0 atom stereocenters. The van der Waals surface area contributed by atoms with E-state index in [2.05, 4.69) is 134 Å². The van der Waals surface area contributed by atoms with Crippen LogP contribution in [-0.4, -0.2) is 14.5 Å². The minimum atomic E-state index is -2.37. The van der Waals surface area contributed by atoms with Gasteiger partial charge in [-0.05, 0) is 116 Å². The van der Waals surface area contributed by atoms with E-state index in [1.807, 2.05) is 24.3 Å². The maximum absolute atomic E-state index is 12.7. The third-order valence-electron chi connectivity index (χ3n) is 11.8. The van der Waals surface area contributed by atoms with Gasteiger partial charge in [-0.2, -0.15) is 0 Å². The summed E-state index contributed by atoms with van der Waals surface area (Å²) < 4.78 is 69.2. The van der Waals surface area contributed by atoms with E-state index in [1.54, 1.807) is 24.3 Å². The second-order valence-corrected chi connectivity index (χ2v) is 16.5. The van der Waals surface area contributed by atoms with Crippen LogP contribution in [0.5, 0.6) is 0 Å². The van der Waals surface area contributed by atoms with Gasteiger partial charge in [0.15, 0.2) is 0 Å². The monoisotopic (exact) mass is 1020 g/mol. The molecule has 0 N–H and O–H groups in total. The Bertz CT molecular complexity index is 3680. The zero-order chi connectivity index (χ0) is 48.4. The Morgan fingerprint density at radius 2 is 1.45 bits per heavy atom. The molecule has 0 saturated heterocycles. The van der Waals surface area contributed by atoms with Crippen molar-refractivity contribution < 1.29 is 37.1 Å². The first kappa shape index (κ1) is 35.7. The zero-order valence-electron chi connectivity index (χ0n) is 41.6. The summed E-state index contributed by atoms with van der Waals surface area (Å²) in [5, 5.41) is 6.59. The number of pyridine rings is 1. The smallest absolute Gasteiger partial charge is 0.121 e. The second kappa shape index (κ2) is 17.4. The molecule has 0 amide bonds. The molecule has 0 aliphatic rings. The molecule has 0 spiro atoms. The van der Waals surface area contributed by atoms with Crippen molar-refractivity contribution in [2.24, 2.45) is 0 Å². The van der Waals surface area contributed by atoms with E-state index >= 15 is 0 Å². The Labute approximate surface area is 395 Å². The second-order valence-electron chi connectivity index (χ2n) is 16.5. The number of aromatic nitrogens is 3. The molecule has 11 aromatic rings. The fourth-order valence-corrected chi connectivity index (χ4v) is 8.65. The minimum absolute atomic E-state index is 0. The molecule has 11 rings (SSSR count). The van der Waals surface area contributed by atoms with Crippen LogP contribution in [0.15, 0.2) is 162 Å². The molecule has 0 aliphatic carbocycles. The predicted octanol–water partition coefficient (Wildman–Crippen LogP) is 15.9. The predicted molar refractivity (Wildman–Crippen MR) is 259 cm³/mol. The fraction of sp³-hybridized carbons (Fsp3) is 0.138. The summed E-state index contributed by atoms with van der Waals surface area (Å²) in [4.78, 5) is 9.28. The topological polar surface area (TPSA) is 43.9 Å². The van der Waals surface area contributed by atoms with Gasteiger partial charge in [-0.3, -0.25) is 9.37 Å². The van der Waals surface area contributed by atoms with Crippen LogP contribution < -0.4 is 0 Å². The summed E-state index contributed by atoms with van der Waals surface area (Å²) in [6.45, 7) is 4.26. The molecule has 4 nitrogen and oxygen atoms in total. The molecular weight excluding hydrogens is 966 g/mol. The van der Waals surface area contributed by atoms with E-state index in [9.17, 15) is 4.39 Å². The van der Waals surface area contributed by atoms with Gasteiger partial charge in [0.2, 0.25) is 0 Å². The molecule has 0 saturated carbocycles. The van der Waals surface area contributed by atoms with E-state index in [1.165, 1.54) is 35.2 Å². The molecule has 3 aromatic heterocycles. The molecule has 6 heteroatoms. The molecule has 64 heavy (non-hydrogen) atoms. The first-order valence-corrected chi connectivity index (χ1v) is 21.1. The van der Waals surface area contributed by atoms with Crippen LogP contribution >= 0.6 is 0 Å². The maximum atomic E-state index is 12.7. The van der Waals surface area contributed by atoms with Gasteiger partial charge in [-0.25, -0.2) is 0 Å². The number of hydrogen-bond donors (Lipinski definition) is 0. The number of fused-ring (bicyclic) bond motifs is 7. The number of nitrogens with zero attached hydrogens (tertiary/aromatic N) is 3. The summed E-state index contributed by atoms with van der Waals surface area (Å²) in [7, 11) is 0. The van der Waals surface area contributed by atoms with Gasteiger partial charge < -0.3 is 14.0 Å². The summed E-state index contributed by atoms with van der Waals surface area (Å²) in [6, 6.07) is 54.8. The van der Waals surface area contributed by atoms with Gasteiger partial charge >= 0.3 is 0 Å². The molecule has 0 fully saturated rings. The van der Waals surface area contributed by atoms with Crippen molar-refractivity contribution in [2.75, 3.05) is 0 Å². The zero-order valence-corrected chi connectivity index (χ0v) is 38.0. The van der Waals surface area contributed by atoms with Crippen LogP contribution in [0.1, 0.15) is 70.0 Å². The molecular formula is C58H46FIrN3O-2. The Morgan fingerprint density at radius 1 is 0.672 bits per heavy atom. The number of rotatable bonds is 6. The SMILES string of the molecule is [2H]C([2H])([2H])c1ccc(-c2[c-]cc(F)cc2)nc1.[2H]C([2H])([2H])c1cccc2nc(-c3[c-]ccc4c3oc3cc5c(ccc6ccccc65)cc34)n(-c3c(C(C)C)cc(-c4ccccc4)cc3C(C)C)c12.[Ir]. The average molecular weight is 1020 g/mol. The van der Waals surface area contributed by atoms with Gasteiger partial charge in [0.05, 0.1) is 22.4 Å². The Balaban J connectivity index is 0.000000286. The standard InChI is InChI=1S/C46H37N2O.C12H9FN.Ir/c1-27(2)37-24-33(30-14-7-6-8-15-30)25-38(28(3)4)44(37)48-43-29(5)13-11-20-41(43)47-46(48)36-19-12-18-35-40-23-32-22-21-31-16-9-10-17-34(31)39(32)26-42(40)49-45(35)36;1-9-2-7-12(14-8-9)10-3-5-11(13)6-4-10;/h6-18,20-28H,1-5H3;2-3,5-8H,1H3;/q2*-1;/i5D3;1D3;. The number of para-hydroxylation sites is 1. The van der Waals surface area contributed by atoms with Gasteiger partial charge in [0, 0.05) is 51.4 Å². The van der Waals surface area contributed by atoms with Crippen molar-refractivity contribution in [1.82, 2.24) is 14.5 Å². The number of halogens is 1. The molecule has 3 heterocycles. The Morgan fingerprint density at radius 3 is 2.17 bits per heavy atom. The quantitative estimate of drug-likeness (QED) is 0.123. The third-order valence-corrected chi connectivity index (χ3v) is 11.8. The molecule has 8 aromatic carbocycles. The number of imidazole rings is 1. The minimum Gasteiger partial charge on any atom is -0.501 e. The number of aryl methyl sites for hydroxylation is 2. The largest absolute Gasteiger partial charge is 0.501 e. The van der Waals surface area contributed by atoms with E-state index in [0.717, 1.165) is 55.1 Å². The Kier molecular flexibility index (Phi) is 9.74. The van der Waals surface area contributed by atoms with Crippen molar-refractivity contribution in [3.63, 3.8) is 0 Å². The van der Waals surface area contributed by atoms with Crippen molar-refractivity contribution in [1.29, 1.82) is 0 Å². The van der Waals surface area contributed by atoms with E-state index in [0.29, 0.717) is 39.3 Å². The van der Waals surface area contributed by atoms with E-state index in [-0.39, 0.29) is 48.9 Å². The Hall–Kier alpha value is -6.72. The van der Waals surface area contributed by atoms with Crippen LogP contribution in [0, 0.1) is 31.7 Å². The van der Waals surface area contributed by atoms with Crippen LogP contribution in [-0.2, 0) is 20.1 Å². The molecule has 0 bridgehead atoms. The van der Waals surface area contributed by atoms with Crippen LogP contribution in [0.25, 0.3) is 94.0 Å². The van der Waals surface area contributed by atoms with Crippen LogP contribution in [0.4, 0.5) is 4.39 Å². The molecule has 317 valence electrons. The van der Waals surface area contributed by atoms with Gasteiger partial charge in [-0.15, -0.1) is 48.0 Å². The number of benzene rings is 8. The van der Waals surface area contributed by atoms with Crippen LogP contribution in [0.3, 0.4) is 0 Å². The van der Waals surface area contributed by atoms with Gasteiger partial charge in [0.25, 0.3) is 0 Å². The van der Waals surface area contributed by atoms with Crippen molar-refractivity contribution in [3.8, 4) is 39.5 Å². The van der Waals surface area contributed by atoms with Crippen LogP contribution in [0.2, 0.25) is 0 Å². The van der Waals surface area contributed by atoms with Crippen molar-refractivity contribution in [3.05, 3.63) is 198 Å². The molecule has 0 aliphatic heterocycles. The summed E-state index contributed by atoms with van der Waals surface area (Å²) in [6.07, 6.45) is 1.31. The van der Waals surface area contributed by atoms with E-state index < -0.39 is 13.7 Å². The van der Waals surface area contributed by atoms with Crippen molar-refractivity contribution >= 4 is 54.5 Å². The molecule has 1 radical (unpaired) electrons. The first-order valence-electron chi connectivity index (χ1n) is 24.1. The number of hydrogen-bond acceptors (Lipinski definition) is 3. The fourth-order valence-electron chi connectivity index (χ4n) is 8.65. The first-order chi connectivity index (χ1) is 33.0. The molecule has 0 unspecified atom stereocenters. The van der Waals surface area contributed by atoms with Crippen molar-refractivity contribution in [2.45, 2.75) is 53.2 Å². The average Bonchev–Trinajstić information content (AvgIpc) is 3.91. The normalized spacial score (nSPS) is 13.3. The summed E-state index contributed by atoms with van der Waals surface area (Å²) in [5.74, 6) is 0.472. The summed E-state index contributed by atoms with van der Waals surface area (Å²) in [5.41, 5.74) is 10.4. The van der Waals surface area contributed by atoms with E-state index in [4.69, 9.17) is 17.6 Å². The van der Waals surface area contributed by atoms with Gasteiger partial charge in [-0.1, -0.05) is 130 Å².